The van der Waals surface area contributed by atoms with Gasteiger partial charge in [0.2, 0.25) is 11.8 Å². The van der Waals surface area contributed by atoms with Gasteiger partial charge in [-0.3, -0.25) is 19.8 Å². The van der Waals surface area contributed by atoms with Crippen LogP contribution in [0.25, 0.3) is 0 Å². The maximum atomic E-state index is 12.5. The number of hydrogen-bond donors (Lipinski definition) is 1. The van der Waals surface area contributed by atoms with E-state index < -0.39 is 23.8 Å². The van der Waals surface area contributed by atoms with E-state index in [1.54, 1.807) is 18.2 Å². The largest absolute Gasteiger partial charge is 0.330 e. The Bertz CT molecular complexity index is 613. The van der Waals surface area contributed by atoms with Gasteiger partial charge in [-0.15, -0.1) is 0 Å². The highest BCUT2D eigenvalue weighted by Crippen LogP contribution is 2.33. The average molecular weight is 351 g/mol. The summed E-state index contributed by atoms with van der Waals surface area (Å²) in [6.07, 6.45) is 3.15. The van der Waals surface area contributed by atoms with Crippen LogP contribution in [0.3, 0.4) is 0 Å². The molecule has 1 unspecified atom stereocenters. The molecule has 1 saturated carbocycles. The molecular weight excluding hydrogens is 336 g/mol. The number of barbiturate groups is 1. The van der Waals surface area contributed by atoms with Gasteiger partial charge in [-0.25, -0.2) is 4.79 Å². The van der Waals surface area contributed by atoms with E-state index in [0.29, 0.717) is 18.0 Å². The highest BCUT2D eigenvalue weighted by molar-refractivity contribution is 9.10. The minimum absolute atomic E-state index is 0.382. The van der Waals surface area contributed by atoms with Gasteiger partial charge in [-0.1, -0.05) is 40.9 Å². The van der Waals surface area contributed by atoms with Crippen LogP contribution >= 0.6 is 15.9 Å². The van der Waals surface area contributed by atoms with Crippen LogP contribution in [0.5, 0.6) is 0 Å². The minimum Gasteiger partial charge on any atom is -0.277 e. The minimum atomic E-state index is -0.945. The Morgan fingerprint density at radius 3 is 2.67 bits per heavy atom. The summed E-state index contributed by atoms with van der Waals surface area (Å²) >= 11 is 3.33. The molecule has 3 rings (SSSR count). The molecule has 2 aliphatic rings. The molecule has 0 spiro atoms. The molecule has 1 N–H and O–H groups in total. The zero-order valence-corrected chi connectivity index (χ0v) is 12.9. The standard InChI is InChI=1S/C15H15BrN2O3/c16-11-3-1-2-10(8-11)12-13(19)17-15(21)18(14(12)20)7-6-9-4-5-9/h1-3,8-9,12H,4-7H2,(H,17,19,21). The maximum absolute atomic E-state index is 12.5. The van der Waals surface area contributed by atoms with Crippen molar-refractivity contribution in [3.05, 3.63) is 34.3 Å². The van der Waals surface area contributed by atoms with Crippen LogP contribution in [-0.4, -0.2) is 29.3 Å². The molecular formula is C15H15BrN2O3. The number of nitrogens with zero attached hydrogens (tertiary/aromatic N) is 1. The van der Waals surface area contributed by atoms with Crippen molar-refractivity contribution >= 4 is 33.8 Å². The lowest BCUT2D eigenvalue weighted by Gasteiger charge is -2.30. The fourth-order valence-electron chi connectivity index (χ4n) is 2.52. The molecule has 1 atom stereocenters. The van der Waals surface area contributed by atoms with Crippen LogP contribution < -0.4 is 5.32 Å². The van der Waals surface area contributed by atoms with Gasteiger partial charge in [0, 0.05) is 11.0 Å². The van der Waals surface area contributed by atoms with Gasteiger partial charge in [0.25, 0.3) is 0 Å². The Morgan fingerprint density at radius 2 is 2.00 bits per heavy atom. The summed E-state index contributed by atoms with van der Waals surface area (Å²) in [5.41, 5.74) is 0.593. The topological polar surface area (TPSA) is 66.5 Å². The van der Waals surface area contributed by atoms with Crippen molar-refractivity contribution < 1.29 is 14.4 Å². The zero-order valence-electron chi connectivity index (χ0n) is 11.3. The average Bonchev–Trinajstić information content (AvgIpc) is 3.22. The van der Waals surface area contributed by atoms with Gasteiger partial charge in [-0.05, 0) is 30.0 Å². The van der Waals surface area contributed by atoms with Crippen molar-refractivity contribution in [3.8, 4) is 0 Å². The van der Waals surface area contributed by atoms with Gasteiger partial charge < -0.3 is 0 Å². The molecule has 1 aromatic carbocycles. The Labute approximate surface area is 130 Å². The van der Waals surface area contributed by atoms with E-state index in [0.717, 1.165) is 23.7 Å². The fraction of sp³-hybridized carbons (Fsp3) is 0.400. The molecule has 0 bridgehead atoms. The summed E-state index contributed by atoms with van der Waals surface area (Å²) in [5.74, 6) is -1.31. The number of nitrogens with one attached hydrogen (secondary N) is 1. The predicted octanol–water partition coefficient (Wildman–Crippen LogP) is 2.41. The lowest BCUT2D eigenvalue weighted by molar-refractivity contribution is -0.138. The smallest absolute Gasteiger partial charge is 0.277 e. The molecule has 6 heteroatoms. The first-order valence-corrected chi connectivity index (χ1v) is 7.77. The monoisotopic (exact) mass is 350 g/mol. The summed E-state index contributed by atoms with van der Waals surface area (Å²) in [4.78, 5) is 37.6. The molecule has 1 aliphatic carbocycles. The Morgan fingerprint density at radius 1 is 1.24 bits per heavy atom. The second kappa shape index (κ2) is 5.60. The van der Waals surface area contributed by atoms with Gasteiger partial charge in [0.15, 0.2) is 0 Å². The van der Waals surface area contributed by atoms with E-state index in [1.807, 2.05) is 6.07 Å². The first-order valence-electron chi connectivity index (χ1n) is 6.98. The number of rotatable bonds is 4. The van der Waals surface area contributed by atoms with Crippen LogP contribution in [0.1, 0.15) is 30.7 Å². The number of hydrogen-bond acceptors (Lipinski definition) is 3. The molecule has 21 heavy (non-hydrogen) atoms. The normalized spacial score (nSPS) is 22.4. The van der Waals surface area contributed by atoms with Crippen molar-refractivity contribution in [1.82, 2.24) is 10.2 Å². The summed E-state index contributed by atoms with van der Waals surface area (Å²) in [5, 5.41) is 2.28. The molecule has 2 fully saturated rings. The van der Waals surface area contributed by atoms with E-state index in [-0.39, 0.29) is 0 Å². The molecule has 1 saturated heterocycles. The number of carbonyl (C=O) groups is 3. The molecule has 0 radical (unpaired) electrons. The molecule has 4 amide bonds. The van der Waals surface area contributed by atoms with Crippen molar-refractivity contribution in [2.75, 3.05) is 6.54 Å². The number of imide groups is 2. The molecule has 1 aromatic rings. The number of urea groups is 1. The first kappa shape index (κ1) is 14.3. The van der Waals surface area contributed by atoms with Crippen LogP contribution in [0, 0.1) is 5.92 Å². The zero-order chi connectivity index (χ0) is 15.0. The maximum Gasteiger partial charge on any atom is 0.330 e. The Hall–Kier alpha value is -1.69. The van der Waals surface area contributed by atoms with Gasteiger partial charge >= 0.3 is 6.03 Å². The number of benzene rings is 1. The van der Waals surface area contributed by atoms with Crippen LogP contribution in [-0.2, 0) is 9.59 Å². The van der Waals surface area contributed by atoms with E-state index in [9.17, 15) is 14.4 Å². The third-order valence-electron chi connectivity index (χ3n) is 3.89. The third kappa shape index (κ3) is 3.00. The Balaban J connectivity index is 1.83. The number of amides is 4. The molecule has 110 valence electrons. The van der Waals surface area contributed by atoms with Crippen molar-refractivity contribution in [2.24, 2.45) is 5.92 Å². The van der Waals surface area contributed by atoms with Crippen molar-refractivity contribution in [3.63, 3.8) is 0 Å². The molecule has 1 heterocycles. The second-order valence-electron chi connectivity index (χ2n) is 5.50. The van der Waals surface area contributed by atoms with Crippen LogP contribution in [0.2, 0.25) is 0 Å². The lowest BCUT2D eigenvalue weighted by Crippen LogP contribution is -2.57. The number of halogens is 1. The quantitative estimate of drug-likeness (QED) is 0.848. The summed E-state index contributed by atoms with van der Waals surface area (Å²) in [6.45, 7) is 0.382. The summed E-state index contributed by atoms with van der Waals surface area (Å²) in [7, 11) is 0. The van der Waals surface area contributed by atoms with Crippen LogP contribution in [0.4, 0.5) is 4.79 Å². The van der Waals surface area contributed by atoms with Gasteiger partial charge in [0.05, 0.1) is 0 Å². The van der Waals surface area contributed by atoms with E-state index >= 15 is 0 Å². The third-order valence-corrected chi connectivity index (χ3v) is 4.38. The highest BCUT2D eigenvalue weighted by atomic mass is 79.9. The summed E-state index contributed by atoms with van der Waals surface area (Å²) < 4.78 is 0.794. The van der Waals surface area contributed by atoms with Crippen molar-refractivity contribution in [1.29, 1.82) is 0 Å². The molecule has 1 aliphatic heterocycles. The first-order chi connectivity index (χ1) is 10.1. The molecule has 0 aromatic heterocycles. The predicted molar refractivity (Wildman–Crippen MR) is 79.5 cm³/mol. The lowest BCUT2D eigenvalue weighted by atomic mass is 9.95. The van der Waals surface area contributed by atoms with Gasteiger partial charge in [-0.2, -0.15) is 0 Å². The van der Waals surface area contributed by atoms with Gasteiger partial charge in [0.1, 0.15) is 5.92 Å². The highest BCUT2D eigenvalue weighted by Gasteiger charge is 2.41. The summed E-state index contributed by atoms with van der Waals surface area (Å²) in [6, 6.07) is 6.45. The van der Waals surface area contributed by atoms with Crippen LogP contribution in [0.15, 0.2) is 28.7 Å². The fourth-order valence-corrected chi connectivity index (χ4v) is 2.94. The molecule has 5 nitrogen and oxygen atoms in total. The number of carbonyl (C=O) groups excluding carboxylic acids is 3. The second-order valence-corrected chi connectivity index (χ2v) is 6.42. The van der Waals surface area contributed by atoms with E-state index in [1.165, 1.54) is 4.90 Å². The van der Waals surface area contributed by atoms with Crippen molar-refractivity contribution in [2.45, 2.75) is 25.2 Å². The van der Waals surface area contributed by atoms with E-state index in [2.05, 4.69) is 21.2 Å². The van der Waals surface area contributed by atoms with E-state index in [4.69, 9.17) is 0 Å². The Kier molecular flexibility index (Phi) is 3.80. The SMILES string of the molecule is O=C1NC(=O)N(CCC2CC2)C(=O)C1c1cccc(Br)c1.